The van der Waals surface area contributed by atoms with Crippen LogP contribution < -0.4 is 15.0 Å². The number of hydrogen-bond donors (Lipinski definition) is 1. The van der Waals surface area contributed by atoms with Gasteiger partial charge in [-0.05, 0) is 42.3 Å². The van der Waals surface area contributed by atoms with Crippen LogP contribution in [0, 0.1) is 0 Å². The van der Waals surface area contributed by atoms with Gasteiger partial charge in [0.25, 0.3) is 5.91 Å². The van der Waals surface area contributed by atoms with Crippen LogP contribution in [0.3, 0.4) is 0 Å². The Kier molecular flexibility index (Phi) is 6.19. The molecule has 1 heterocycles. The summed E-state index contributed by atoms with van der Waals surface area (Å²) < 4.78 is 5.14. The number of anilines is 1. The highest BCUT2D eigenvalue weighted by molar-refractivity contribution is 6.09. The third kappa shape index (κ3) is 4.47. The minimum atomic E-state index is -1.23. The van der Waals surface area contributed by atoms with E-state index in [1.807, 2.05) is 43.3 Å². The van der Waals surface area contributed by atoms with Crippen molar-refractivity contribution in [1.29, 1.82) is 0 Å². The van der Waals surface area contributed by atoms with E-state index in [0.717, 1.165) is 16.2 Å². The number of imide groups is 1. The number of rotatable bonds is 7. The van der Waals surface area contributed by atoms with E-state index in [0.29, 0.717) is 17.9 Å². The van der Waals surface area contributed by atoms with Gasteiger partial charge in [-0.15, -0.1) is 0 Å². The molecule has 1 aliphatic heterocycles. The van der Waals surface area contributed by atoms with E-state index in [1.54, 1.807) is 45.3 Å². The number of ether oxygens (including phenoxy) is 1. The molecule has 8 heteroatoms. The fourth-order valence-corrected chi connectivity index (χ4v) is 3.48. The third-order valence-electron chi connectivity index (χ3n) is 5.53. The van der Waals surface area contributed by atoms with E-state index in [4.69, 9.17) is 4.74 Å². The summed E-state index contributed by atoms with van der Waals surface area (Å²) in [4.78, 5) is 42.8. The highest BCUT2D eigenvalue weighted by atomic mass is 16.5. The van der Waals surface area contributed by atoms with Crippen LogP contribution in [0.25, 0.3) is 0 Å². The van der Waals surface area contributed by atoms with Gasteiger partial charge in [0.1, 0.15) is 17.8 Å². The molecular formula is C23H28N4O4. The maximum Gasteiger partial charge on any atom is 0.325 e. The van der Waals surface area contributed by atoms with Crippen LogP contribution in [0.1, 0.15) is 18.1 Å². The van der Waals surface area contributed by atoms with Gasteiger partial charge in [-0.3, -0.25) is 14.5 Å². The van der Waals surface area contributed by atoms with E-state index < -0.39 is 17.5 Å². The minimum absolute atomic E-state index is 0.317. The molecule has 1 N–H and O–H groups in total. The van der Waals surface area contributed by atoms with Gasteiger partial charge < -0.3 is 19.9 Å². The summed E-state index contributed by atoms with van der Waals surface area (Å²) in [5.41, 5.74) is 1.41. The van der Waals surface area contributed by atoms with E-state index in [1.165, 1.54) is 4.90 Å². The molecule has 0 unspecified atom stereocenters. The molecule has 1 fully saturated rings. The molecule has 1 saturated heterocycles. The monoisotopic (exact) mass is 424 g/mol. The largest absolute Gasteiger partial charge is 0.497 e. The number of amides is 4. The molecule has 2 aromatic rings. The second-order valence-corrected chi connectivity index (χ2v) is 7.99. The van der Waals surface area contributed by atoms with Crippen molar-refractivity contribution in [2.45, 2.75) is 19.0 Å². The second kappa shape index (κ2) is 8.67. The third-order valence-corrected chi connectivity index (χ3v) is 5.53. The quantitative estimate of drug-likeness (QED) is 0.689. The second-order valence-electron chi connectivity index (χ2n) is 7.99. The lowest BCUT2D eigenvalue weighted by Gasteiger charge is -2.23. The van der Waals surface area contributed by atoms with Crippen LogP contribution in [-0.4, -0.2) is 62.4 Å². The molecule has 0 bridgehead atoms. The highest BCUT2D eigenvalue weighted by Gasteiger charge is 2.49. The molecule has 4 amide bonds. The molecule has 0 saturated carbocycles. The normalized spacial score (nSPS) is 18.0. The molecule has 0 radical (unpaired) electrons. The van der Waals surface area contributed by atoms with Crippen LogP contribution >= 0.6 is 0 Å². The number of nitrogens with one attached hydrogen (secondary N) is 1. The van der Waals surface area contributed by atoms with Crippen LogP contribution in [0.15, 0.2) is 48.5 Å². The summed E-state index contributed by atoms with van der Waals surface area (Å²) in [6.45, 7) is 1.70. The molecule has 1 atom stereocenters. The zero-order valence-electron chi connectivity index (χ0n) is 18.5. The van der Waals surface area contributed by atoms with Crippen LogP contribution in [-0.2, 0) is 21.7 Å². The SMILES string of the molecule is COc1ccc([C@@]2(C)NC(=O)N(CC(=O)N(C)Cc3ccc(N(C)C)cc3)C2=O)cc1. The summed E-state index contributed by atoms with van der Waals surface area (Å²) >= 11 is 0. The van der Waals surface area contributed by atoms with E-state index in [9.17, 15) is 14.4 Å². The van der Waals surface area contributed by atoms with Crippen molar-refractivity contribution in [1.82, 2.24) is 15.1 Å². The van der Waals surface area contributed by atoms with Gasteiger partial charge in [0, 0.05) is 33.4 Å². The maximum atomic E-state index is 13.0. The standard InChI is InChI=1S/C23H28N4O4/c1-23(17-8-12-19(31-5)13-9-17)21(29)27(22(30)24-23)15-20(28)26(4)14-16-6-10-18(11-7-16)25(2)3/h6-13H,14-15H2,1-5H3,(H,24,30)/t23-/m1/s1. The van der Waals surface area contributed by atoms with Crippen LogP contribution in [0.5, 0.6) is 5.75 Å². The smallest absolute Gasteiger partial charge is 0.325 e. The number of nitrogens with zero attached hydrogens (tertiary/aromatic N) is 3. The summed E-state index contributed by atoms with van der Waals surface area (Å²) in [7, 11) is 7.13. The van der Waals surface area contributed by atoms with Gasteiger partial charge in [0.15, 0.2) is 0 Å². The van der Waals surface area contributed by atoms with Crippen molar-refractivity contribution in [3.05, 3.63) is 59.7 Å². The highest BCUT2D eigenvalue weighted by Crippen LogP contribution is 2.30. The molecule has 164 valence electrons. The van der Waals surface area contributed by atoms with Gasteiger partial charge >= 0.3 is 6.03 Å². The lowest BCUT2D eigenvalue weighted by Crippen LogP contribution is -2.43. The number of hydrogen-bond acceptors (Lipinski definition) is 5. The number of benzene rings is 2. The van der Waals surface area contributed by atoms with Gasteiger partial charge in [0.2, 0.25) is 5.91 Å². The van der Waals surface area contributed by atoms with Crippen molar-refractivity contribution in [3.63, 3.8) is 0 Å². The molecule has 3 rings (SSSR count). The molecule has 31 heavy (non-hydrogen) atoms. The Morgan fingerprint density at radius 3 is 2.19 bits per heavy atom. The lowest BCUT2D eigenvalue weighted by atomic mass is 9.92. The maximum absolute atomic E-state index is 13.0. The number of methoxy groups -OCH3 is 1. The van der Waals surface area contributed by atoms with E-state index in [-0.39, 0.29) is 12.5 Å². The van der Waals surface area contributed by atoms with E-state index >= 15 is 0 Å². The van der Waals surface area contributed by atoms with Gasteiger partial charge in [0.05, 0.1) is 7.11 Å². The fraction of sp³-hybridized carbons (Fsp3) is 0.348. The minimum Gasteiger partial charge on any atom is -0.497 e. The molecule has 2 aromatic carbocycles. The fourth-order valence-electron chi connectivity index (χ4n) is 3.48. The lowest BCUT2D eigenvalue weighted by molar-refractivity contribution is -0.138. The predicted molar refractivity (Wildman–Crippen MR) is 118 cm³/mol. The molecule has 0 spiro atoms. The molecular weight excluding hydrogens is 396 g/mol. The van der Waals surface area contributed by atoms with Crippen molar-refractivity contribution >= 4 is 23.5 Å². The Hall–Kier alpha value is -3.55. The predicted octanol–water partition coefficient (Wildman–Crippen LogP) is 2.19. The van der Waals surface area contributed by atoms with E-state index in [2.05, 4.69) is 5.32 Å². The summed E-state index contributed by atoms with van der Waals surface area (Å²) in [6, 6.07) is 14.2. The number of urea groups is 1. The summed E-state index contributed by atoms with van der Waals surface area (Å²) in [6.07, 6.45) is 0. The Morgan fingerprint density at radius 2 is 1.65 bits per heavy atom. The van der Waals surface area contributed by atoms with Crippen LogP contribution in [0.4, 0.5) is 10.5 Å². The van der Waals surface area contributed by atoms with Gasteiger partial charge in [-0.25, -0.2) is 4.79 Å². The first-order chi connectivity index (χ1) is 14.7. The number of carbonyl (C=O) groups is 3. The van der Waals surface area contributed by atoms with Crippen molar-refractivity contribution in [3.8, 4) is 5.75 Å². The summed E-state index contributed by atoms with van der Waals surface area (Å²) in [5, 5.41) is 2.72. The average Bonchev–Trinajstić information content (AvgIpc) is 2.98. The van der Waals surface area contributed by atoms with Crippen molar-refractivity contribution in [2.24, 2.45) is 0 Å². The Morgan fingerprint density at radius 1 is 1.03 bits per heavy atom. The first kappa shape index (κ1) is 22.1. The van der Waals surface area contributed by atoms with Crippen LogP contribution in [0.2, 0.25) is 0 Å². The Labute approximate surface area is 182 Å². The molecule has 8 nitrogen and oxygen atoms in total. The molecule has 0 aliphatic carbocycles. The van der Waals surface area contributed by atoms with Gasteiger partial charge in [-0.2, -0.15) is 0 Å². The zero-order chi connectivity index (χ0) is 22.8. The zero-order valence-corrected chi connectivity index (χ0v) is 18.5. The summed E-state index contributed by atoms with van der Waals surface area (Å²) in [5.74, 6) is -0.129. The number of carbonyl (C=O) groups excluding carboxylic acids is 3. The molecule has 0 aromatic heterocycles. The average molecular weight is 425 g/mol. The number of likely N-dealkylation sites (N-methyl/N-ethyl adjacent to an activating group) is 1. The Balaban J connectivity index is 1.67. The van der Waals surface area contributed by atoms with Crippen molar-refractivity contribution < 1.29 is 19.1 Å². The first-order valence-corrected chi connectivity index (χ1v) is 9.94. The first-order valence-electron chi connectivity index (χ1n) is 9.94. The topological polar surface area (TPSA) is 82.2 Å². The van der Waals surface area contributed by atoms with Crippen molar-refractivity contribution in [2.75, 3.05) is 39.7 Å². The molecule has 1 aliphatic rings. The Bertz CT molecular complexity index is 972. The van der Waals surface area contributed by atoms with Gasteiger partial charge in [-0.1, -0.05) is 24.3 Å².